The second-order valence-corrected chi connectivity index (χ2v) is 9.66. The lowest BCUT2D eigenvalue weighted by Crippen LogP contribution is -2.40. The van der Waals surface area contributed by atoms with Gasteiger partial charge in [-0.05, 0) is 62.2 Å². The van der Waals surface area contributed by atoms with E-state index in [1.807, 2.05) is 68.1 Å². The maximum atomic E-state index is 12.7. The van der Waals surface area contributed by atoms with Crippen LogP contribution in [0.25, 0.3) is 22.1 Å². The number of halogens is 1. The van der Waals surface area contributed by atoms with E-state index in [0.29, 0.717) is 55.4 Å². The Morgan fingerprint density at radius 3 is 2.44 bits per heavy atom. The van der Waals surface area contributed by atoms with Crippen LogP contribution in [0.5, 0.6) is 0 Å². The molecule has 2 heterocycles. The fraction of sp³-hybridized carbons (Fsp3) is 0.385. The predicted molar refractivity (Wildman–Crippen MR) is 131 cm³/mol. The zero-order valence-electron chi connectivity index (χ0n) is 19.7. The molecule has 2 aromatic carbocycles. The minimum Gasteiger partial charge on any atom is -0.459 e. The Morgan fingerprint density at radius 1 is 1.06 bits per heavy atom. The van der Waals surface area contributed by atoms with Crippen LogP contribution >= 0.6 is 11.6 Å². The molecule has 0 radical (unpaired) electrons. The first-order valence-corrected chi connectivity index (χ1v) is 11.7. The highest BCUT2D eigenvalue weighted by Gasteiger charge is 2.19. The molecule has 1 aliphatic heterocycles. The predicted octanol–water partition coefficient (Wildman–Crippen LogP) is 5.29. The SMILES string of the molecule is CC(C)(C)OC(=O)NCCc1cc2cc(-c3ccc(C(=O)N4CCOCC4)cc3)cc(Cl)c2o1. The summed E-state index contributed by atoms with van der Waals surface area (Å²) < 4.78 is 16.5. The number of carbonyl (C=O) groups excluding carboxylic acids is 2. The smallest absolute Gasteiger partial charge is 0.407 e. The molecule has 1 aliphatic rings. The molecule has 0 unspecified atom stereocenters. The van der Waals surface area contributed by atoms with Crippen molar-refractivity contribution in [3.63, 3.8) is 0 Å². The second-order valence-electron chi connectivity index (χ2n) is 9.25. The first-order chi connectivity index (χ1) is 16.2. The first kappa shape index (κ1) is 24.1. The number of benzene rings is 2. The van der Waals surface area contributed by atoms with E-state index in [2.05, 4.69) is 5.32 Å². The van der Waals surface area contributed by atoms with Crippen LogP contribution < -0.4 is 5.32 Å². The fourth-order valence-electron chi connectivity index (χ4n) is 3.81. The van der Waals surface area contributed by atoms with Crippen molar-refractivity contribution in [3.05, 3.63) is 58.8 Å². The Balaban J connectivity index is 1.44. The highest BCUT2D eigenvalue weighted by Crippen LogP contribution is 2.33. The lowest BCUT2D eigenvalue weighted by molar-refractivity contribution is 0.0303. The number of nitrogens with one attached hydrogen (secondary N) is 1. The average molecular weight is 485 g/mol. The maximum absolute atomic E-state index is 12.7. The third-order valence-corrected chi connectivity index (χ3v) is 5.71. The number of fused-ring (bicyclic) bond motifs is 1. The Kier molecular flexibility index (Phi) is 7.14. The quantitative estimate of drug-likeness (QED) is 0.532. The molecular formula is C26H29ClN2O5. The van der Waals surface area contributed by atoms with Crippen LogP contribution in [0.15, 0.2) is 46.9 Å². The van der Waals surface area contributed by atoms with Gasteiger partial charge in [0.2, 0.25) is 0 Å². The number of morpholine rings is 1. The minimum absolute atomic E-state index is 0.0165. The van der Waals surface area contributed by atoms with E-state index in [9.17, 15) is 9.59 Å². The Labute approximate surface area is 204 Å². The van der Waals surface area contributed by atoms with Crippen LogP contribution in [0.3, 0.4) is 0 Å². The molecule has 0 saturated carbocycles. The summed E-state index contributed by atoms with van der Waals surface area (Å²) in [5.74, 6) is 0.736. The molecule has 3 aromatic rings. The van der Waals surface area contributed by atoms with Gasteiger partial charge >= 0.3 is 6.09 Å². The topological polar surface area (TPSA) is 81.0 Å². The summed E-state index contributed by atoms with van der Waals surface area (Å²) in [6, 6.07) is 13.3. The Bertz CT molecular complexity index is 1170. The van der Waals surface area contributed by atoms with Crippen LogP contribution in [-0.2, 0) is 15.9 Å². The van der Waals surface area contributed by atoms with Crippen molar-refractivity contribution in [2.45, 2.75) is 32.8 Å². The molecule has 0 atom stereocenters. The van der Waals surface area contributed by atoms with Crippen LogP contribution in [0.2, 0.25) is 5.02 Å². The summed E-state index contributed by atoms with van der Waals surface area (Å²) in [7, 11) is 0. The Morgan fingerprint density at radius 2 is 1.76 bits per heavy atom. The molecular weight excluding hydrogens is 456 g/mol. The molecule has 1 aromatic heterocycles. The van der Waals surface area contributed by atoms with Crippen molar-refractivity contribution < 1.29 is 23.5 Å². The van der Waals surface area contributed by atoms with Gasteiger partial charge in [0.1, 0.15) is 11.4 Å². The molecule has 1 saturated heterocycles. The van der Waals surface area contributed by atoms with Crippen molar-refractivity contribution >= 4 is 34.6 Å². The molecule has 8 heteroatoms. The van der Waals surface area contributed by atoms with Gasteiger partial charge in [-0.3, -0.25) is 4.79 Å². The van der Waals surface area contributed by atoms with Gasteiger partial charge in [-0.15, -0.1) is 0 Å². The number of carbonyl (C=O) groups is 2. The van der Waals surface area contributed by atoms with Gasteiger partial charge in [-0.1, -0.05) is 23.7 Å². The maximum Gasteiger partial charge on any atom is 0.407 e. The third kappa shape index (κ3) is 5.90. The van der Waals surface area contributed by atoms with Gasteiger partial charge in [-0.2, -0.15) is 0 Å². The molecule has 34 heavy (non-hydrogen) atoms. The zero-order valence-corrected chi connectivity index (χ0v) is 20.4. The van der Waals surface area contributed by atoms with E-state index in [-0.39, 0.29) is 5.91 Å². The van der Waals surface area contributed by atoms with E-state index in [1.54, 1.807) is 0 Å². The largest absolute Gasteiger partial charge is 0.459 e. The zero-order chi connectivity index (χ0) is 24.3. The van der Waals surface area contributed by atoms with E-state index in [1.165, 1.54) is 0 Å². The van der Waals surface area contributed by atoms with Crippen LogP contribution in [-0.4, -0.2) is 55.3 Å². The highest BCUT2D eigenvalue weighted by molar-refractivity contribution is 6.35. The number of rotatable bonds is 5. The van der Waals surface area contributed by atoms with Gasteiger partial charge < -0.3 is 24.1 Å². The third-order valence-electron chi connectivity index (χ3n) is 5.43. The van der Waals surface area contributed by atoms with Crippen molar-refractivity contribution in [1.82, 2.24) is 10.2 Å². The number of hydrogen-bond acceptors (Lipinski definition) is 5. The van der Waals surface area contributed by atoms with Gasteiger partial charge in [0.25, 0.3) is 5.91 Å². The van der Waals surface area contributed by atoms with Gasteiger partial charge in [0.05, 0.1) is 18.2 Å². The number of amides is 2. The summed E-state index contributed by atoms with van der Waals surface area (Å²) >= 11 is 6.51. The van der Waals surface area contributed by atoms with Gasteiger partial charge in [0, 0.05) is 37.0 Å². The fourth-order valence-corrected chi connectivity index (χ4v) is 4.07. The molecule has 180 valence electrons. The second kappa shape index (κ2) is 10.1. The number of nitrogens with zero attached hydrogens (tertiary/aromatic N) is 1. The highest BCUT2D eigenvalue weighted by atomic mass is 35.5. The van der Waals surface area contributed by atoms with Crippen molar-refractivity contribution in [2.24, 2.45) is 0 Å². The van der Waals surface area contributed by atoms with Gasteiger partial charge in [0.15, 0.2) is 5.58 Å². The van der Waals surface area contributed by atoms with Crippen LogP contribution in [0.1, 0.15) is 36.9 Å². The molecule has 4 rings (SSSR count). The summed E-state index contributed by atoms with van der Waals surface area (Å²) in [6.45, 7) is 8.23. The molecule has 0 bridgehead atoms. The van der Waals surface area contributed by atoms with E-state index in [4.69, 9.17) is 25.5 Å². The monoisotopic (exact) mass is 484 g/mol. The summed E-state index contributed by atoms with van der Waals surface area (Å²) in [5, 5.41) is 4.11. The van der Waals surface area contributed by atoms with E-state index < -0.39 is 11.7 Å². The number of alkyl carbamates (subject to hydrolysis) is 1. The van der Waals surface area contributed by atoms with E-state index >= 15 is 0 Å². The van der Waals surface area contributed by atoms with Crippen molar-refractivity contribution in [3.8, 4) is 11.1 Å². The molecule has 0 aliphatic carbocycles. The molecule has 1 fully saturated rings. The lowest BCUT2D eigenvalue weighted by atomic mass is 10.0. The number of hydrogen-bond donors (Lipinski definition) is 1. The summed E-state index contributed by atoms with van der Waals surface area (Å²) in [5.41, 5.74) is 2.61. The number of furan rings is 1. The standard InChI is InChI=1S/C26H29ClN2O5/c1-26(2,3)34-25(31)28-9-8-21-15-20-14-19(16-22(27)23(20)33-21)17-4-6-18(7-5-17)24(30)29-10-12-32-13-11-29/h4-7,14-16H,8-13H2,1-3H3,(H,28,31). The minimum atomic E-state index is -0.540. The molecule has 0 spiro atoms. The molecule has 2 amide bonds. The van der Waals surface area contributed by atoms with E-state index in [0.717, 1.165) is 22.3 Å². The number of ether oxygens (including phenoxy) is 2. The Hall–Kier alpha value is -3.03. The van der Waals surface area contributed by atoms with Crippen molar-refractivity contribution in [2.75, 3.05) is 32.8 Å². The van der Waals surface area contributed by atoms with Crippen molar-refractivity contribution in [1.29, 1.82) is 0 Å². The summed E-state index contributed by atoms with van der Waals surface area (Å²) in [6.07, 6.45) is 0.0530. The summed E-state index contributed by atoms with van der Waals surface area (Å²) in [4.78, 5) is 26.3. The van der Waals surface area contributed by atoms with Crippen LogP contribution in [0.4, 0.5) is 4.79 Å². The first-order valence-electron chi connectivity index (χ1n) is 11.4. The normalized spacial score (nSPS) is 14.3. The lowest BCUT2D eigenvalue weighted by Gasteiger charge is -2.26. The average Bonchev–Trinajstić information content (AvgIpc) is 3.21. The molecule has 7 nitrogen and oxygen atoms in total. The van der Waals surface area contributed by atoms with Gasteiger partial charge in [-0.25, -0.2) is 4.79 Å². The van der Waals surface area contributed by atoms with Crippen LogP contribution in [0, 0.1) is 0 Å². The molecule has 1 N–H and O–H groups in total.